The van der Waals surface area contributed by atoms with Crippen molar-refractivity contribution in [3.05, 3.63) is 71.8 Å². The highest BCUT2D eigenvalue weighted by Gasteiger charge is 2.19. The van der Waals surface area contributed by atoms with Gasteiger partial charge in [0, 0.05) is 17.2 Å². The van der Waals surface area contributed by atoms with Crippen molar-refractivity contribution < 1.29 is 14.3 Å². The third kappa shape index (κ3) is 5.57. The minimum absolute atomic E-state index is 0.0617. The van der Waals surface area contributed by atoms with Gasteiger partial charge in [-0.15, -0.1) is 11.8 Å². The lowest BCUT2D eigenvalue weighted by atomic mass is 10.0. The largest absolute Gasteiger partial charge is 0.465 e. The van der Waals surface area contributed by atoms with Crippen LogP contribution in [0.25, 0.3) is 0 Å². The Labute approximate surface area is 141 Å². The summed E-state index contributed by atoms with van der Waals surface area (Å²) in [6.45, 7) is 2.16. The Morgan fingerprint density at radius 1 is 1.00 bits per heavy atom. The number of hydrogen-bond donors (Lipinski definition) is 0. The van der Waals surface area contributed by atoms with E-state index in [1.165, 1.54) is 11.8 Å². The molecule has 0 bridgehead atoms. The number of carbonyl (C=O) groups excluding carboxylic acids is 2. The van der Waals surface area contributed by atoms with Crippen LogP contribution in [0.4, 0.5) is 0 Å². The highest BCUT2D eigenvalue weighted by Crippen LogP contribution is 2.33. The van der Waals surface area contributed by atoms with Crippen LogP contribution in [0.3, 0.4) is 0 Å². The third-order valence-corrected chi connectivity index (χ3v) is 4.59. The van der Waals surface area contributed by atoms with E-state index in [1.54, 1.807) is 6.92 Å². The van der Waals surface area contributed by atoms with Crippen LogP contribution in [0.2, 0.25) is 0 Å². The summed E-state index contributed by atoms with van der Waals surface area (Å²) >= 11 is 1.45. The fraction of sp³-hybridized carbons (Fsp3) is 0.263. The summed E-state index contributed by atoms with van der Waals surface area (Å²) in [5.74, 6) is 0.0801. The van der Waals surface area contributed by atoms with Crippen LogP contribution >= 0.6 is 11.8 Å². The van der Waals surface area contributed by atoms with Gasteiger partial charge in [-0.25, -0.2) is 0 Å². The molecule has 120 valence electrons. The van der Waals surface area contributed by atoms with Crippen molar-refractivity contribution in [3.8, 4) is 0 Å². The molecule has 0 amide bonds. The van der Waals surface area contributed by atoms with Crippen molar-refractivity contribution in [1.29, 1.82) is 0 Å². The number of Topliss-reactive ketones (excluding diaryl/α,β-unsaturated/α-hetero) is 1. The van der Waals surface area contributed by atoms with Gasteiger partial charge < -0.3 is 4.74 Å². The molecule has 0 N–H and O–H groups in total. The van der Waals surface area contributed by atoms with Gasteiger partial charge in [-0.2, -0.15) is 0 Å². The molecule has 0 aliphatic carbocycles. The minimum Gasteiger partial charge on any atom is -0.465 e. The summed E-state index contributed by atoms with van der Waals surface area (Å²) in [4.78, 5) is 24.1. The monoisotopic (exact) mass is 328 g/mol. The fourth-order valence-corrected chi connectivity index (χ4v) is 3.26. The minimum atomic E-state index is -0.245. The van der Waals surface area contributed by atoms with Crippen LogP contribution in [-0.4, -0.2) is 24.1 Å². The number of carbonyl (C=O) groups is 2. The molecule has 0 aliphatic heterocycles. The van der Waals surface area contributed by atoms with Crippen LogP contribution in [-0.2, 0) is 9.53 Å². The molecular weight excluding hydrogens is 308 g/mol. The zero-order valence-electron chi connectivity index (χ0n) is 13.1. The second-order valence-electron chi connectivity index (χ2n) is 5.01. The summed E-state index contributed by atoms with van der Waals surface area (Å²) in [5.41, 5.74) is 1.75. The summed E-state index contributed by atoms with van der Waals surface area (Å²) < 4.78 is 4.97. The molecule has 0 heterocycles. The maximum absolute atomic E-state index is 12.5. The number of ether oxygens (including phenoxy) is 1. The van der Waals surface area contributed by atoms with Gasteiger partial charge in [0.05, 0.1) is 12.4 Å². The molecule has 3 nitrogen and oxygen atoms in total. The molecule has 0 saturated carbocycles. The van der Waals surface area contributed by atoms with E-state index in [9.17, 15) is 9.59 Å². The lowest BCUT2D eigenvalue weighted by molar-refractivity contribution is -0.139. The Morgan fingerprint density at radius 2 is 1.61 bits per heavy atom. The summed E-state index contributed by atoms with van der Waals surface area (Å²) in [5, 5.41) is -0.0617. The summed E-state index contributed by atoms with van der Waals surface area (Å²) in [6.07, 6.45) is 0.359. The molecule has 0 fully saturated rings. The van der Waals surface area contributed by atoms with Crippen LogP contribution in [0.5, 0.6) is 0 Å². The van der Waals surface area contributed by atoms with Crippen LogP contribution < -0.4 is 0 Å². The Bertz CT molecular complexity index is 626. The predicted octanol–water partition coefficient (Wildman–Crippen LogP) is 4.30. The van der Waals surface area contributed by atoms with E-state index >= 15 is 0 Å². The molecule has 2 rings (SSSR count). The number of thioether (sulfide) groups is 1. The lowest BCUT2D eigenvalue weighted by Gasteiger charge is -2.16. The van der Waals surface area contributed by atoms with Gasteiger partial charge in [0.15, 0.2) is 5.78 Å². The standard InChI is InChI=1S/C19H20O3S/c1-2-22-19(21)14-23-18(16-11-7-4-8-12-16)13-17(20)15-9-5-3-6-10-15/h3-12,18H,2,13-14H2,1H3. The first-order valence-corrected chi connectivity index (χ1v) is 8.66. The van der Waals surface area contributed by atoms with E-state index in [4.69, 9.17) is 4.74 Å². The van der Waals surface area contributed by atoms with E-state index in [1.807, 2.05) is 60.7 Å². The van der Waals surface area contributed by atoms with Crippen LogP contribution in [0.15, 0.2) is 60.7 Å². The number of rotatable bonds is 8. The average molecular weight is 328 g/mol. The Balaban J connectivity index is 2.07. The van der Waals surface area contributed by atoms with Gasteiger partial charge in [0.1, 0.15) is 0 Å². The normalized spacial score (nSPS) is 11.7. The quantitative estimate of drug-likeness (QED) is 0.535. The number of esters is 1. The maximum atomic E-state index is 12.5. The first-order chi connectivity index (χ1) is 11.2. The van der Waals surface area contributed by atoms with Crippen LogP contribution in [0, 0.1) is 0 Å². The summed E-state index contributed by atoms with van der Waals surface area (Å²) in [6, 6.07) is 19.0. The Kier molecular flexibility index (Phi) is 6.88. The SMILES string of the molecule is CCOC(=O)CSC(CC(=O)c1ccccc1)c1ccccc1. The van der Waals surface area contributed by atoms with E-state index in [-0.39, 0.29) is 22.8 Å². The molecule has 4 heteroatoms. The lowest BCUT2D eigenvalue weighted by Crippen LogP contribution is -2.11. The van der Waals surface area contributed by atoms with Gasteiger partial charge in [-0.3, -0.25) is 9.59 Å². The second-order valence-corrected chi connectivity index (χ2v) is 6.20. The first kappa shape index (κ1) is 17.3. The molecule has 2 aromatic rings. The Morgan fingerprint density at radius 3 is 2.22 bits per heavy atom. The van der Waals surface area contributed by atoms with Crippen molar-refractivity contribution in [2.45, 2.75) is 18.6 Å². The first-order valence-electron chi connectivity index (χ1n) is 7.61. The van der Waals surface area contributed by atoms with E-state index < -0.39 is 0 Å². The molecule has 1 unspecified atom stereocenters. The van der Waals surface area contributed by atoms with Crippen molar-refractivity contribution in [2.24, 2.45) is 0 Å². The summed E-state index contributed by atoms with van der Waals surface area (Å²) in [7, 11) is 0. The van der Waals surface area contributed by atoms with Crippen LogP contribution in [0.1, 0.15) is 34.5 Å². The molecular formula is C19H20O3S. The van der Waals surface area contributed by atoms with E-state index in [0.717, 1.165) is 5.56 Å². The maximum Gasteiger partial charge on any atom is 0.315 e. The van der Waals surface area contributed by atoms with Crippen molar-refractivity contribution in [2.75, 3.05) is 12.4 Å². The van der Waals surface area contributed by atoms with Gasteiger partial charge in [-0.05, 0) is 12.5 Å². The topological polar surface area (TPSA) is 43.4 Å². The number of benzene rings is 2. The molecule has 0 radical (unpaired) electrons. The molecule has 2 aromatic carbocycles. The smallest absolute Gasteiger partial charge is 0.315 e. The molecule has 0 spiro atoms. The van der Waals surface area contributed by atoms with Crippen molar-refractivity contribution in [1.82, 2.24) is 0 Å². The third-order valence-electron chi connectivity index (χ3n) is 3.35. The zero-order valence-corrected chi connectivity index (χ0v) is 13.9. The van der Waals surface area contributed by atoms with Crippen molar-refractivity contribution >= 4 is 23.5 Å². The van der Waals surface area contributed by atoms with Gasteiger partial charge in [0.2, 0.25) is 0 Å². The van der Waals surface area contributed by atoms with Gasteiger partial charge >= 0.3 is 5.97 Å². The highest BCUT2D eigenvalue weighted by molar-refractivity contribution is 8.00. The van der Waals surface area contributed by atoms with Gasteiger partial charge in [-0.1, -0.05) is 60.7 Å². The number of ketones is 1. The van der Waals surface area contributed by atoms with E-state index in [2.05, 4.69) is 0 Å². The molecule has 0 aliphatic rings. The predicted molar refractivity (Wildman–Crippen MR) is 93.7 cm³/mol. The highest BCUT2D eigenvalue weighted by atomic mass is 32.2. The van der Waals surface area contributed by atoms with Gasteiger partial charge in [0.25, 0.3) is 0 Å². The Hall–Kier alpha value is -2.07. The fourth-order valence-electron chi connectivity index (χ4n) is 2.22. The average Bonchev–Trinajstić information content (AvgIpc) is 2.60. The molecule has 0 saturated heterocycles. The molecule has 1 atom stereocenters. The zero-order chi connectivity index (χ0) is 16.5. The van der Waals surface area contributed by atoms with E-state index in [0.29, 0.717) is 18.6 Å². The number of hydrogen-bond acceptors (Lipinski definition) is 4. The van der Waals surface area contributed by atoms with Crippen molar-refractivity contribution in [3.63, 3.8) is 0 Å². The molecule has 23 heavy (non-hydrogen) atoms. The second kappa shape index (κ2) is 9.16. The molecule has 0 aromatic heterocycles.